The van der Waals surface area contributed by atoms with E-state index in [0.717, 1.165) is 43.4 Å². The predicted octanol–water partition coefficient (Wildman–Crippen LogP) is 5.52. The number of ether oxygens (including phenoxy) is 2. The number of carboxylic acids is 1. The summed E-state index contributed by atoms with van der Waals surface area (Å²) in [5.74, 6) is -0.841. The largest absolute Gasteiger partial charge is 0.478 e. The highest BCUT2D eigenvalue weighted by molar-refractivity contribution is 5.95. The van der Waals surface area contributed by atoms with Crippen LogP contribution in [0, 0.1) is 0 Å². The standard InChI is InChI=1S/C26H34N4O4/c1-5-7-8-13-21(23-28-25(30-29-23)26(33-3,34-4)16-6-2)22-15-14-18(17-27-22)19-11-9-10-12-20(19)24(31)32/h9-12,14-15,17,21H,5-8,13,16H2,1-4H3,(H,31,32)(H,28,29,30). The number of carbonyl (C=O) groups is 1. The number of pyridine rings is 1. The van der Waals surface area contributed by atoms with Crippen molar-refractivity contribution >= 4 is 5.97 Å². The Bertz CT molecular complexity index is 1060. The third kappa shape index (κ3) is 5.51. The number of aromatic nitrogens is 4. The zero-order valence-electron chi connectivity index (χ0n) is 20.4. The summed E-state index contributed by atoms with van der Waals surface area (Å²) in [4.78, 5) is 21.1. The van der Waals surface area contributed by atoms with Crippen LogP contribution in [0.2, 0.25) is 0 Å². The van der Waals surface area contributed by atoms with Crippen LogP contribution in [0.15, 0.2) is 42.6 Å². The number of aromatic amines is 1. The molecule has 2 N–H and O–H groups in total. The number of hydrogen-bond donors (Lipinski definition) is 2. The van der Waals surface area contributed by atoms with Gasteiger partial charge >= 0.3 is 5.97 Å². The fraction of sp³-hybridized carbons (Fsp3) is 0.462. The van der Waals surface area contributed by atoms with E-state index in [9.17, 15) is 9.90 Å². The lowest BCUT2D eigenvalue weighted by Crippen LogP contribution is -2.32. The zero-order valence-corrected chi connectivity index (χ0v) is 20.4. The molecule has 0 bridgehead atoms. The molecule has 8 nitrogen and oxygen atoms in total. The van der Waals surface area contributed by atoms with E-state index in [2.05, 4.69) is 24.0 Å². The van der Waals surface area contributed by atoms with Crippen molar-refractivity contribution in [2.45, 2.75) is 64.1 Å². The summed E-state index contributed by atoms with van der Waals surface area (Å²) >= 11 is 0. The number of rotatable bonds is 13. The number of hydrogen-bond acceptors (Lipinski definition) is 6. The fourth-order valence-corrected chi connectivity index (χ4v) is 4.23. The first-order chi connectivity index (χ1) is 16.5. The van der Waals surface area contributed by atoms with Crippen LogP contribution in [0.1, 0.15) is 86.0 Å². The molecule has 0 fully saturated rings. The molecule has 1 unspecified atom stereocenters. The number of benzene rings is 1. The van der Waals surface area contributed by atoms with Gasteiger partial charge in [-0.25, -0.2) is 9.78 Å². The molecule has 0 aliphatic heterocycles. The maximum atomic E-state index is 11.6. The molecule has 0 saturated carbocycles. The minimum atomic E-state index is -0.991. The molecular formula is C26H34N4O4. The van der Waals surface area contributed by atoms with Gasteiger partial charge in [-0.1, -0.05) is 63.8 Å². The molecule has 0 radical (unpaired) electrons. The van der Waals surface area contributed by atoms with Gasteiger partial charge in [-0.2, -0.15) is 5.10 Å². The minimum Gasteiger partial charge on any atom is -0.478 e. The number of nitrogens with zero attached hydrogens (tertiary/aromatic N) is 3. The lowest BCUT2D eigenvalue weighted by atomic mass is 9.95. The van der Waals surface area contributed by atoms with Crippen molar-refractivity contribution < 1.29 is 19.4 Å². The number of methoxy groups -OCH3 is 2. The maximum absolute atomic E-state index is 11.6. The van der Waals surface area contributed by atoms with Gasteiger partial charge in [0.2, 0.25) is 11.6 Å². The molecule has 1 atom stereocenters. The molecule has 0 aliphatic rings. The predicted molar refractivity (Wildman–Crippen MR) is 130 cm³/mol. The highest BCUT2D eigenvalue weighted by Gasteiger charge is 2.36. The third-order valence-electron chi connectivity index (χ3n) is 6.12. The normalized spacial score (nSPS) is 12.6. The van der Waals surface area contributed by atoms with E-state index in [0.29, 0.717) is 23.6 Å². The fourth-order valence-electron chi connectivity index (χ4n) is 4.23. The second-order valence-corrected chi connectivity index (χ2v) is 8.33. The maximum Gasteiger partial charge on any atom is 0.336 e. The number of aromatic carboxylic acids is 1. The van der Waals surface area contributed by atoms with Gasteiger partial charge in [0.1, 0.15) is 5.82 Å². The molecule has 0 spiro atoms. The van der Waals surface area contributed by atoms with Gasteiger partial charge in [-0.3, -0.25) is 10.1 Å². The van der Waals surface area contributed by atoms with Crippen LogP contribution in [0.5, 0.6) is 0 Å². The SMILES string of the molecule is CCCCCC(c1ccc(-c2ccccc2C(=O)O)cn1)c1nc(C(CCC)(OC)OC)n[nH]1. The molecule has 3 aromatic rings. The summed E-state index contributed by atoms with van der Waals surface area (Å²) in [6.07, 6.45) is 7.32. The molecule has 0 amide bonds. The molecule has 2 heterocycles. The minimum absolute atomic E-state index is 0.0791. The molecule has 34 heavy (non-hydrogen) atoms. The van der Waals surface area contributed by atoms with Gasteiger partial charge in [0.05, 0.1) is 17.2 Å². The Kier molecular flexibility index (Phi) is 8.90. The van der Waals surface area contributed by atoms with E-state index in [1.54, 1.807) is 38.6 Å². The Hall–Kier alpha value is -3.10. The monoisotopic (exact) mass is 466 g/mol. The lowest BCUT2D eigenvalue weighted by Gasteiger charge is -2.27. The van der Waals surface area contributed by atoms with Crippen molar-refractivity contribution in [3.8, 4) is 11.1 Å². The average molecular weight is 467 g/mol. The van der Waals surface area contributed by atoms with Gasteiger partial charge < -0.3 is 14.6 Å². The highest BCUT2D eigenvalue weighted by atomic mass is 16.7. The number of carboxylic acid groups (broad SMARTS) is 1. The second-order valence-electron chi connectivity index (χ2n) is 8.33. The van der Waals surface area contributed by atoms with Gasteiger partial charge in [0.15, 0.2) is 0 Å². The molecular weight excluding hydrogens is 432 g/mol. The third-order valence-corrected chi connectivity index (χ3v) is 6.12. The summed E-state index contributed by atoms with van der Waals surface area (Å²) in [5.41, 5.74) is 2.50. The van der Waals surface area contributed by atoms with Crippen LogP contribution >= 0.6 is 0 Å². The molecule has 3 rings (SSSR count). The Balaban J connectivity index is 1.95. The summed E-state index contributed by atoms with van der Waals surface area (Å²) in [6.45, 7) is 4.23. The topological polar surface area (TPSA) is 110 Å². The summed E-state index contributed by atoms with van der Waals surface area (Å²) in [6, 6.07) is 10.8. The van der Waals surface area contributed by atoms with Crippen molar-refractivity contribution in [3.63, 3.8) is 0 Å². The number of nitrogens with one attached hydrogen (secondary N) is 1. The number of unbranched alkanes of at least 4 members (excludes halogenated alkanes) is 2. The molecule has 1 aromatic carbocycles. The Morgan fingerprint density at radius 1 is 1.09 bits per heavy atom. The molecule has 2 aromatic heterocycles. The van der Waals surface area contributed by atoms with Gasteiger partial charge in [0.25, 0.3) is 0 Å². The van der Waals surface area contributed by atoms with Crippen LogP contribution in [-0.2, 0) is 15.3 Å². The Labute approximate surface area is 200 Å². The first kappa shape index (κ1) is 25.5. The Morgan fingerprint density at radius 3 is 2.47 bits per heavy atom. The zero-order chi connectivity index (χ0) is 24.6. The van der Waals surface area contributed by atoms with Crippen LogP contribution in [0.3, 0.4) is 0 Å². The molecule has 8 heteroatoms. The van der Waals surface area contributed by atoms with E-state index >= 15 is 0 Å². The lowest BCUT2D eigenvalue weighted by molar-refractivity contribution is -0.225. The molecule has 0 saturated heterocycles. The molecule has 182 valence electrons. The van der Waals surface area contributed by atoms with Gasteiger partial charge in [-0.05, 0) is 24.1 Å². The van der Waals surface area contributed by atoms with E-state index < -0.39 is 11.8 Å². The first-order valence-electron chi connectivity index (χ1n) is 11.8. The van der Waals surface area contributed by atoms with Gasteiger partial charge in [-0.15, -0.1) is 0 Å². The molecule has 0 aliphatic carbocycles. The van der Waals surface area contributed by atoms with Crippen LogP contribution in [-0.4, -0.2) is 45.5 Å². The quantitative estimate of drug-likeness (QED) is 0.252. The van der Waals surface area contributed by atoms with E-state index in [4.69, 9.17) is 19.4 Å². The smallest absolute Gasteiger partial charge is 0.336 e. The summed E-state index contributed by atoms with van der Waals surface area (Å²) in [5, 5.41) is 17.1. The van der Waals surface area contributed by atoms with Crippen molar-refractivity contribution in [2.75, 3.05) is 14.2 Å². The van der Waals surface area contributed by atoms with Crippen molar-refractivity contribution in [1.29, 1.82) is 0 Å². The van der Waals surface area contributed by atoms with E-state index in [1.165, 1.54) is 0 Å². The van der Waals surface area contributed by atoms with Crippen LogP contribution in [0.4, 0.5) is 0 Å². The van der Waals surface area contributed by atoms with Gasteiger partial charge in [0, 0.05) is 32.4 Å². The van der Waals surface area contributed by atoms with Crippen molar-refractivity contribution in [3.05, 3.63) is 65.5 Å². The number of H-pyrrole nitrogens is 1. The summed E-state index contributed by atoms with van der Waals surface area (Å²) in [7, 11) is 3.20. The summed E-state index contributed by atoms with van der Waals surface area (Å²) < 4.78 is 11.4. The highest BCUT2D eigenvalue weighted by Crippen LogP contribution is 2.33. The van der Waals surface area contributed by atoms with E-state index in [-0.39, 0.29) is 11.5 Å². The van der Waals surface area contributed by atoms with Crippen molar-refractivity contribution in [1.82, 2.24) is 20.2 Å². The second kappa shape index (κ2) is 11.9. The Morgan fingerprint density at radius 2 is 1.85 bits per heavy atom. The van der Waals surface area contributed by atoms with Crippen LogP contribution < -0.4 is 0 Å². The van der Waals surface area contributed by atoms with Crippen LogP contribution in [0.25, 0.3) is 11.1 Å². The average Bonchev–Trinajstić information content (AvgIpc) is 3.36. The first-order valence-corrected chi connectivity index (χ1v) is 11.8. The van der Waals surface area contributed by atoms with Crippen molar-refractivity contribution in [2.24, 2.45) is 0 Å². The van der Waals surface area contributed by atoms with E-state index in [1.807, 2.05) is 18.2 Å².